The molecule has 2 aromatic rings. The number of furan rings is 1. The van der Waals surface area contributed by atoms with E-state index in [0.717, 1.165) is 0 Å². The van der Waals surface area contributed by atoms with Crippen LogP contribution in [0, 0.1) is 5.82 Å². The summed E-state index contributed by atoms with van der Waals surface area (Å²) in [4.78, 5) is 14.1. The van der Waals surface area contributed by atoms with Gasteiger partial charge >= 0.3 is 0 Å². The van der Waals surface area contributed by atoms with Gasteiger partial charge in [-0.1, -0.05) is 6.92 Å². The van der Waals surface area contributed by atoms with E-state index in [4.69, 9.17) is 4.42 Å². The third-order valence-corrected chi connectivity index (χ3v) is 3.15. The normalized spacial score (nSPS) is 13.2. The fourth-order valence-corrected chi connectivity index (χ4v) is 2.16. The van der Waals surface area contributed by atoms with Crippen molar-refractivity contribution in [2.45, 2.75) is 19.4 Å². The second-order valence-corrected chi connectivity index (χ2v) is 4.51. The van der Waals surface area contributed by atoms with Gasteiger partial charge in [0.25, 0.3) is 0 Å². The highest BCUT2D eigenvalue weighted by Gasteiger charge is 2.24. The third kappa shape index (κ3) is 2.04. The van der Waals surface area contributed by atoms with Crippen LogP contribution < -0.4 is 0 Å². The molecule has 0 saturated heterocycles. The Morgan fingerprint density at radius 2 is 2.11 bits per heavy atom. The van der Waals surface area contributed by atoms with Crippen molar-refractivity contribution >= 4 is 16.8 Å². The van der Waals surface area contributed by atoms with Crippen LogP contribution in [0.1, 0.15) is 23.7 Å². The average Bonchev–Trinajstić information content (AvgIpc) is 2.78. The Hall–Kier alpha value is -1.68. The molecule has 96 valence electrons. The zero-order valence-electron chi connectivity index (χ0n) is 10.7. The molecule has 1 aromatic heterocycles. The number of halogens is 1. The van der Waals surface area contributed by atoms with Crippen LogP contribution in [0.15, 0.2) is 28.9 Å². The van der Waals surface area contributed by atoms with Gasteiger partial charge in [0.2, 0.25) is 0 Å². The lowest BCUT2D eigenvalue weighted by Crippen LogP contribution is -2.35. The molecule has 0 radical (unpaired) electrons. The molecule has 3 nitrogen and oxygen atoms in total. The Kier molecular flexibility index (Phi) is 3.48. The highest BCUT2D eigenvalue weighted by molar-refractivity contribution is 6.02. The molecule has 1 atom stereocenters. The molecule has 0 N–H and O–H groups in total. The van der Waals surface area contributed by atoms with Gasteiger partial charge < -0.3 is 4.42 Å². The Labute approximate surface area is 105 Å². The molecule has 0 aliphatic carbocycles. The molecule has 1 aromatic carbocycles. The van der Waals surface area contributed by atoms with E-state index in [9.17, 15) is 9.18 Å². The topological polar surface area (TPSA) is 33.5 Å². The lowest BCUT2D eigenvalue weighted by atomic mass is 9.99. The molecule has 0 bridgehead atoms. The minimum atomic E-state index is -0.494. The van der Waals surface area contributed by atoms with Crippen molar-refractivity contribution < 1.29 is 13.6 Å². The first-order valence-corrected chi connectivity index (χ1v) is 5.92. The molecule has 0 aliphatic heterocycles. The summed E-state index contributed by atoms with van der Waals surface area (Å²) in [5.74, 6) is -0.686. The maximum Gasteiger partial charge on any atom is 0.182 e. The molecule has 0 fully saturated rings. The first-order valence-electron chi connectivity index (χ1n) is 5.92. The Bertz CT molecular complexity index is 574. The second-order valence-electron chi connectivity index (χ2n) is 4.51. The summed E-state index contributed by atoms with van der Waals surface area (Å²) >= 11 is 0. The lowest BCUT2D eigenvalue weighted by molar-refractivity contribution is 0.0867. The van der Waals surface area contributed by atoms with Crippen LogP contribution in [0.2, 0.25) is 0 Å². The quantitative estimate of drug-likeness (QED) is 0.781. The number of nitrogens with zero attached hydrogens (tertiary/aromatic N) is 1. The van der Waals surface area contributed by atoms with Crippen molar-refractivity contribution in [2.75, 3.05) is 14.1 Å². The maximum absolute atomic E-state index is 14.2. The van der Waals surface area contributed by atoms with E-state index in [-0.39, 0.29) is 17.4 Å². The number of hydrogen-bond acceptors (Lipinski definition) is 3. The molecule has 18 heavy (non-hydrogen) atoms. The zero-order valence-corrected chi connectivity index (χ0v) is 10.7. The summed E-state index contributed by atoms with van der Waals surface area (Å²) in [5, 5.41) is 0.356. The summed E-state index contributed by atoms with van der Waals surface area (Å²) in [6.45, 7) is 1.91. The van der Waals surface area contributed by atoms with Crippen LogP contribution >= 0.6 is 0 Å². The predicted molar refractivity (Wildman–Crippen MR) is 68.3 cm³/mol. The van der Waals surface area contributed by atoms with Crippen LogP contribution in [-0.4, -0.2) is 30.8 Å². The number of fused-ring (bicyclic) bond motifs is 1. The highest BCUT2D eigenvalue weighted by Crippen LogP contribution is 2.23. The molecule has 2 rings (SSSR count). The number of benzene rings is 1. The first kappa shape index (κ1) is 12.8. The summed E-state index contributed by atoms with van der Waals surface area (Å²) in [5.41, 5.74) is 0.589. The van der Waals surface area contributed by atoms with E-state index in [2.05, 4.69) is 0 Å². The fraction of sp³-hybridized carbons (Fsp3) is 0.357. The van der Waals surface area contributed by atoms with Gasteiger partial charge in [0.05, 0.1) is 23.3 Å². The van der Waals surface area contributed by atoms with Gasteiger partial charge in [-0.25, -0.2) is 4.39 Å². The first-order chi connectivity index (χ1) is 8.56. The van der Waals surface area contributed by atoms with Gasteiger partial charge in [0.15, 0.2) is 5.78 Å². The lowest BCUT2D eigenvalue weighted by Gasteiger charge is -2.21. The predicted octanol–water partition coefficient (Wildman–Crippen LogP) is 3.09. The van der Waals surface area contributed by atoms with Crippen molar-refractivity contribution in [3.8, 4) is 0 Å². The average molecular weight is 249 g/mol. The van der Waals surface area contributed by atoms with Crippen molar-refractivity contribution in [2.24, 2.45) is 0 Å². The molecule has 1 unspecified atom stereocenters. The van der Waals surface area contributed by atoms with Crippen molar-refractivity contribution in [3.05, 3.63) is 35.8 Å². The Morgan fingerprint density at radius 3 is 2.72 bits per heavy atom. The van der Waals surface area contributed by atoms with Crippen molar-refractivity contribution in [1.82, 2.24) is 4.90 Å². The molecule has 0 spiro atoms. The molecule has 4 heteroatoms. The van der Waals surface area contributed by atoms with Gasteiger partial charge in [-0.15, -0.1) is 0 Å². The smallest absolute Gasteiger partial charge is 0.182 e. The summed E-state index contributed by atoms with van der Waals surface area (Å²) in [6.07, 6.45) is 2.07. The van der Waals surface area contributed by atoms with Crippen molar-refractivity contribution in [3.63, 3.8) is 0 Å². The highest BCUT2D eigenvalue weighted by atomic mass is 19.1. The minimum Gasteiger partial charge on any atom is -0.464 e. The van der Waals surface area contributed by atoms with Gasteiger partial charge in [0, 0.05) is 0 Å². The van der Waals surface area contributed by atoms with Gasteiger partial charge in [0.1, 0.15) is 11.4 Å². The van der Waals surface area contributed by atoms with Crippen LogP contribution in [-0.2, 0) is 0 Å². The minimum absolute atomic E-state index is 0.129. The van der Waals surface area contributed by atoms with Gasteiger partial charge in [-0.2, -0.15) is 0 Å². The summed E-state index contributed by atoms with van der Waals surface area (Å²) < 4.78 is 19.3. The van der Waals surface area contributed by atoms with E-state index in [1.165, 1.54) is 18.4 Å². The van der Waals surface area contributed by atoms with E-state index in [0.29, 0.717) is 17.4 Å². The number of likely N-dealkylation sites (N-methyl/N-ethyl adjacent to an activating group) is 1. The third-order valence-electron chi connectivity index (χ3n) is 3.15. The summed E-state index contributed by atoms with van der Waals surface area (Å²) in [6, 6.07) is 4.37. The van der Waals surface area contributed by atoms with Crippen molar-refractivity contribution in [1.29, 1.82) is 0 Å². The number of hydrogen-bond donors (Lipinski definition) is 0. The molecular formula is C14H16FNO2. The van der Waals surface area contributed by atoms with Crippen LogP contribution in [0.4, 0.5) is 4.39 Å². The molecule has 0 aliphatic rings. The van der Waals surface area contributed by atoms with E-state index in [1.54, 1.807) is 11.0 Å². The molecule has 0 saturated carbocycles. The largest absolute Gasteiger partial charge is 0.464 e. The van der Waals surface area contributed by atoms with Crippen LogP contribution in [0.5, 0.6) is 0 Å². The molecule has 0 amide bonds. The number of carbonyl (C=O) groups excluding carboxylic acids is 1. The zero-order chi connectivity index (χ0) is 13.3. The van der Waals surface area contributed by atoms with E-state index >= 15 is 0 Å². The number of Topliss-reactive ketones (excluding diaryl/α,β-unsaturated/α-hetero) is 1. The maximum atomic E-state index is 14.2. The van der Waals surface area contributed by atoms with E-state index < -0.39 is 5.82 Å². The standard InChI is InChI=1S/C14H16FNO2/c1-4-11(16(2)3)14(17)10-5-6-12-9(13(10)15)7-8-18-12/h5-8,11H,4H2,1-3H3. The van der Waals surface area contributed by atoms with Crippen LogP contribution in [0.25, 0.3) is 11.0 Å². The molecule has 1 heterocycles. The van der Waals surface area contributed by atoms with Crippen LogP contribution in [0.3, 0.4) is 0 Å². The monoisotopic (exact) mass is 249 g/mol. The number of carbonyl (C=O) groups is 1. The Balaban J connectivity index is 2.47. The summed E-state index contributed by atoms with van der Waals surface area (Å²) in [7, 11) is 3.64. The molecular weight excluding hydrogens is 233 g/mol. The SMILES string of the molecule is CCC(C(=O)c1ccc2occc2c1F)N(C)C. The van der Waals surface area contributed by atoms with Gasteiger partial charge in [-0.05, 0) is 38.7 Å². The second kappa shape index (κ2) is 4.90. The van der Waals surface area contributed by atoms with E-state index in [1.807, 2.05) is 21.0 Å². The van der Waals surface area contributed by atoms with Gasteiger partial charge in [-0.3, -0.25) is 9.69 Å². The number of ketones is 1. The fourth-order valence-electron chi connectivity index (χ4n) is 2.16. The Morgan fingerprint density at radius 1 is 1.39 bits per heavy atom. The number of rotatable bonds is 4.